The predicted molar refractivity (Wildman–Crippen MR) is 97.3 cm³/mol. The Kier molecular flexibility index (Phi) is 19.3. The monoisotopic (exact) mass is 296 g/mol. The van der Waals surface area contributed by atoms with Crippen LogP contribution in [-0.2, 0) is 0 Å². The summed E-state index contributed by atoms with van der Waals surface area (Å²) in [6, 6.07) is 0. The van der Waals surface area contributed by atoms with Crippen LogP contribution in [0.15, 0.2) is 4.99 Å². The summed E-state index contributed by atoms with van der Waals surface area (Å²) in [5.41, 5.74) is 5.49. The highest BCUT2D eigenvalue weighted by atomic mass is 14.7. The van der Waals surface area contributed by atoms with Crippen LogP contribution in [0, 0.1) is 0 Å². The first-order valence-electron chi connectivity index (χ1n) is 9.60. The van der Waals surface area contributed by atoms with Crippen molar-refractivity contribution >= 4 is 6.21 Å². The van der Waals surface area contributed by atoms with E-state index in [1.807, 2.05) is 0 Å². The van der Waals surface area contributed by atoms with Gasteiger partial charge in [-0.1, -0.05) is 77.6 Å². The molecule has 0 aliphatic heterocycles. The number of hydrogen-bond acceptors (Lipinski definition) is 2. The van der Waals surface area contributed by atoms with Crippen LogP contribution in [0.2, 0.25) is 0 Å². The highest BCUT2D eigenvalue weighted by molar-refractivity contribution is 5.56. The van der Waals surface area contributed by atoms with Crippen LogP contribution in [-0.4, -0.2) is 19.3 Å². The molecule has 0 aromatic carbocycles. The lowest BCUT2D eigenvalue weighted by Gasteiger charge is -2.02. The van der Waals surface area contributed by atoms with E-state index in [0.29, 0.717) is 0 Å². The molecule has 0 spiro atoms. The van der Waals surface area contributed by atoms with Gasteiger partial charge in [-0.2, -0.15) is 0 Å². The lowest BCUT2D eigenvalue weighted by molar-refractivity contribution is 0.548. The molecule has 0 heterocycles. The lowest BCUT2D eigenvalue weighted by Crippen LogP contribution is -1.97. The zero-order valence-corrected chi connectivity index (χ0v) is 14.6. The Balaban J connectivity index is 2.99. The van der Waals surface area contributed by atoms with Crippen molar-refractivity contribution in [2.24, 2.45) is 10.7 Å². The minimum Gasteiger partial charge on any atom is -0.330 e. The van der Waals surface area contributed by atoms with Gasteiger partial charge in [-0.15, -0.1) is 0 Å². The SMILES string of the molecule is CCCCCC=NCCCCCCCCCCCCCN. The normalized spacial score (nSPS) is 11.5. The molecule has 0 aliphatic carbocycles. The van der Waals surface area contributed by atoms with Crippen molar-refractivity contribution in [2.75, 3.05) is 13.1 Å². The summed E-state index contributed by atoms with van der Waals surface area (Å²) in [7, 11) is 0. The summed E-state index contributed by atoms with van der Waals surface area (Å²) in [5.74, 6) is 0. The van der Waals surface area contributed by atoms with Crippen molar-refractivity contribution < 1.29 is 0 Å². The number of nitrogens with zero attached hydrogens (tertiary/aromatic N) is 1. The maximum Gasteiger partial charge on any atom is 0.0385 e. The fraction of sp³-hybridized carbons (Fsp3) is 0.947. The van der Waals surface area contributed by atoms with Gasteiger partial charge in [0.1, 0.15) is 0 Å². The molecule has 0 atom stereocenters. The maximum absolute atomic E-state index is 5.49. The van der Waals surface area contributed by atoms with E-state index in [0.717, 1.165) is 13.1 Å². The number of nitrogens with two attached hydrogens (primary N) is 1. The van der Waals surface area contributed by atoms with Crippen LogP contribution in [0.5, 0.6) is 0 Å². The van der Waals surface area contributed by atoms with Crippen LogP contribution in [0.4, 0.5) is 0 Å². The Labute approximate surface area is 134 Å². The van der Waals surface area contributed by atoms with Gasteiger partial charge in [-0.3, -0.25) is 4.99 Å². The highest BCUT2D eigenvalue weighted by Crippen LogP contribution is 2.11. The molecule has 0 bridgehead atoms. The molecule has 0 saturated carbocycles. The first kappa shape index (κ1) is 20.6. The van der Waals surface area contributed by atoms with Crippen molar-refractivity contribution in [1.82, 2.24) is 0 Å². The van der Waals surface area contributed by atoms with E-state index in [9.17, 15) is 0 Å². The van der Waals surface area contributed by atoms with Gasteiger partial charge in [0.2, 0.25) is 0 Å². The molecule has 21 heavy (non-hydrogen) atoms. The Morgan fingerprint density at radius 1 is 0.667 bits per heavy atom. The highest BCUT2D eigenvalue weighted by Gasteiger charge is 1.93. The molecule has 0 aromatic heterocycles. The summed E-state index contributed by atoms with van der Waals surface area (Å²) in [6.07, 6.45) is 22.4. The second-order valence-electron chi connectivity index (χ2n) is 6.26. The first-order valence-corrected chi connectivity index (χ1v) is 9.60. The molecule has 0 radical (unpaired) electrons. The largest absolute Gasteiger partial charge is 0.330 e. The number of rotatable bonds is 17. The fourth-order valence-corrected chi connectivity index (χ4v) is 2.61. The number of unbranched alkanes of at least 4 members (excludes halogenated alkanes) is 13. The van der Waals surface area contributed by atoms with E-state index in [4.69, 9.17) is 5.73 Å². The number of hydrogen-bond donors (Lipinski definition) is 1. The second-order valence-corrected chi connectivity index (χ2v) is 6.26. The van der Waals surface area contributed by atoms with Gasteiger partial charge in [0.15, 0.2) is 0 Å². The molecule has 0 aliphatic rings. The van der Waals surface area contributed by atoms with E-state index in [2.05, 4.69) is 18.1 Å². The van der Waals surface area contributed by atoms with E-state index >= 15 is 0 Å². The van der Waals surface area contributed by atoms with E-state index in [1.54, 1.807) is 0 Å². The molecule has 2 nitrogen and oxygen atoms in total. The third-order valence-corrected chi connectivity index (χ3v) is 4.06. The molecule has 0 amide bonds. The Bertz CT molecular complexity index is 202. The predicted octanol–water partition coefficient (Wildman–Crippen LogP) is 5.89. The van der Waals surface area contributed by atoms with Crippen molar-refractivity contribution in [1.29, 1.82) is 0 Å². The Morgan fingerprint density at radius 3 is 1.71 bits per heavy atom. The summed E-state index contributed by atoms with van der Waals surface area (Å²) in [5, 5.41) is 0. The quantitative estimate of drug-likeness (QED) is 0.264. The average molecular weight is 297 g/mol. The minimum absolute atomic E-state index is 0.864. The Hall–Kier alpha value is -0.370. The molecule has 0 fully saturated rings. The van der Waals surface area contributed by atoms with Gasteiger partial charge < -0.3 is 5.73 Å². The van der Waals surface area contributed by atoms with Gasteiger partial charge in [0, 0.05) is 6.54 Å². The first-order chi connectivity index (χ1) is 10.4. The van der Waals surface area contributed by atoms with E-state index in [1.165, 1.54) is 96.3 Å². The van der Waals surface area contributed by atoms with E-state index < -0.39 is 0 Å². The lowest BCUT2D eigenvalue weighted by atomic mass is 10.1. The molecule has 2 N–H and O–H groups in total. The van der Waals surface area contributed by atoms with Crippen molar-refractivity contribution in [3.05, 3.63) is 0 Å². The molecule has 0 rings (SSSR count). The topological polar surface area (TPSA) is 38.4 Å². The zero-order valence-electron chi connectivity index (χ0n) is 14.6. The molecule has 0 saturated heterocycles. The molecular weight excluding hydrogens is 256 g/mol. The van der Waals surface area contributed by atoms with Gasteiger partial charge in [-0.05, 0) is 38.4 Å². The van der Waals surface area contributed by atoms with E-state index in [-0.39, 0.29) is 0 Å². The van der Waals surface area contributed by atoms with Crippen molar-refractivity contribution in [3.8, 4) is 0 Å². The zero-order chi connectivity index (χ0) is 15.4. The Morgan fingerprint density at radius 2 is 1.19 bits per heavy atom. The summed E-state index contributed by atoms with van der Waals surface area (Å²) < 4.78 is 0. The average Bonchev–Trinajstić information content (AvgIpc) is 2.50. The van der Waals surface area contributed by atoms with Gasteiger partial charge >= 0.3 is 0 Å². The maximum atomic E-state index is 5.49. The minimum atomic E-state index is 0.864. The molecule has 0 aromatic rings. The standard InChI is InChI=1S/C19H40N2/c1-2-3-4-15-18-21-19-16-13-11-9-7-5-6-8-10-12-14-17-20/h18H,2-17,19-20H2,1H3. The summed E-state index contributed by atoms with van der Waals surface area (Å²) >= 11 is 0. The van der Waals surface area contributed by atoms with Crippen molar-refractivity contribution in [2.45, 2.75) is 103 Å². The van der Waals surface area contributed by atoms with Crippen LogP contribution in [0.25, 0.3) is 0 Å². The van der Waals surface area contributed by atoms with Gasteiger partial charge in [-0.25, -0.2) is 0 Å². The van der Waals surface area contributed by atoms with Crippen molar-refractivity contribution in [3.63, 3.8) is 0 Å². The fourth-order valence-electron chi connectivity index (χ4n) is 2.61. The third-order valence-electron chi connectivity index (χ3n) is 4.06. The van der Waals surface area contributed by atoms with Gasteiger partial charge in [0.05, 0.1) is 0 Å². The molecular formula is C19H40N2. The smallest absolute Gasteiger partial charge is 0.0385 e. The van der Waals surface area contributed by atoms with Crippen LogP contribution < -0.4 is 5.73 Å². The molecule has 2 heteroatoms. The molecule has 126 valence electrons. The summed E-state index contributed by atoms with van der Waals surface area (Å²) in [6.45, 7) is 4.16. The van der Waals surface area contributed by atoms with Gasteiger partial charge in [0.25, 0.3) is 0 Å². The van der Waals surface area contributed by atoms with Crippen LogP contribution in [0.1, 0.15) is 103 Å². The van der Waals surface area contributed by atoms with Crippen LogP contribution >= 0.6 is 0 Å². The molecule has 0 unspecified atom stereocenters. The number of aliphatic imine (C=N–C) groups is 1. The van der Waals surface area contributed by atoms with Crippen LogP contribution in [0.3, 0.4) is 0 Å². The third kappa shape index (κ3) is 19.6. The second kappa shape index (κ2) is 19.6. The summed E-state index contributed by atoms with van der Waals surface area (Å²) in [4.78, 5) is 4.49.